The molecule has 2 aliphatic rings. The van der Waals surface area contributed by atoms with Crippen molar-refractivity contribution in [1.29, 1.82) is 0 Å². The number of rotatable bonds is 5. The molecule has 6 nitrogen and oxygen atoms in total. The number of allylic oxidation sites excluding steroid dienone is 2. The van der Waals surface area contributed by atoms with E-state index in [-0.39, 0.29) is 17.7 Å². The second-order valence-corrected chi connectivity index (χ2v) is 7.72. The lowest BCUT2D eigenvalue weighted by Gasteiger charge is -2.18. The number of carbonyl (C=O) groups is 3. The Kier molecular flexibility index (Phi) is 6.01. The fourth-order valence-electron chi connectivity index (χ4n) is 2.98. The third-order valence-electron chi connectivity index (χ3n) is 4.57. The van der Waals surface area contributed by atoms with Gasteiger partial charge in [0.25, 0.3) is 11.1 Å². The van der Waals surface area contributed by atoms with Crippen LogP contribution in [0, 0.1) is 0 Å². The molecule has 0 spiro atoms. The van der Waals surface area contributed by atoms with E-state index in [4.69, 9.17) is 0 Å². The first kappa shape index (κ1) is 19.2. The average Bonchev–Trinajstić information content (AvgIpc) is 3.27. The highest BCUT2D eigenvalue weighted by molar-refractivity contribution is 8.18. The third kappa shape index (κ3) is 4.60. The highest BCUT2D eigenvalue weighted by atomic mass is 32.2. The normalized spacial score (nSPS) is 19.0. The first-order valence-corrected chi connectivity index (χ1v) is 9.74. The van der Waals surface area contributed by atoms with Crippen molar-refractivity contribution in [2.24, 2.45) is 0 Å². The molecule has 0 unspecified atom stereocenters. The zero-order chi connectivity index (χ0) is 19.4. The van der Waals surface area contributed by atoms with E-state index in [1.54, 1.807) is 17.1 Å². The summed E-state index contributed by atoms with van der Waals surface area (Å²) in [5.41, 5.74) is 2.11. The highest BCUT2D eigenvalue weighted by Crippen LogP contribution is 2.30. The molecule has 2 saturated heterocycles. The van der Waals surface area contributed by atoms with Gasteiger partial charge >= 0.3 is 0 Å². The molecule has 2 aliphatic heterocycles. The van der Waals surface area contributed by atoms with Crippen LogP contribution in [0.5, 0.6) is 0 Å². The number of nitrogens with zero attached hydrogens (tertiary/aromatic N) is 3. The SMILES string of the molecule is CN(C)c1ccc(/C=C/C=C2\SC(=O)N(CC(=O)N3CCCC3)C2=O)cc1. The maximum absolute atomic E-state index is 12.4. The average molecular weight is 385 g/mol. The Morgan fingerprint density at radius 3 is 2.44 bits per heavy atom. The number of thioether (sulfide) groups is 1. The summed E-state index contributed by atoms with van der Waals surface area (Å²) in [6.07, 6.45) is 7.22. The van der Waals surface area contributed by atoms with Crippen LogP contribution in [0.2, 0.25) is 0 Å². The van der Waals surface area contributed by atoms with Gasteiger partial charge in [-0.2, -0.15) is 0 Å². The van der Waals surface area contributed by atoms with E-state index < -0.39 is 5.91 Å². The summed E-state index contributed by atoms with van der Waals surface area (Å²) >= 11 is 0.878. The fraction of sp³-hybridized carbons (Fsp3) is 0.350. The van der Waals surface area contributed by atoms with E-state index in [9.17, 15) is 14.4 Å². The van der Waals surface area contributed by atoms with E-state index in [1.165, 1.54) is 0 Å². The van der Waals surface area contributed by atoms with Crippen molar-refractivity contribution in [3.63, 3.8) is 0 Å². The van der Waals surface area contributed by atoms with Gasteiger partial charge in [0.05, 0.1) is 4.91 Å². The molecule has 3 amide bonds. The Labute approximate surface area is 163 Å². The first-order chi connectivity index (χ1) is 13.0. The molecule has 1 aromatic carbocycles. The van der Waals surface area contributed by atoms with Crippen LogP contribution in [0.25, 0.3) is 6.08 Å². The van der Waals surface area contributed by atoms with Gasteiger partial charge < -0.3 is 9.80 Å². The van der Waals surface area contributed by atoms with Crippen molar-refractivity contribution in [3.8, 4) is 0 Å². The maximum Gasteiger partial charge on any atom is 0.294 e. The molecular formula is C20H23N3O3S. The number of hydrogen-bond donors (Lipinski definition) is 0. The molecule has 1 aromatic rings. The van der Waals surface area contributed by atoms with Crippen molar-refractivity contribution < 1.29 is 14.4 Å². The Morgan fingerprint density at radius 2 is 1.81 bits per heavy atom. The molecule has 0 bridgehead atoms. The topological polar surface area (TPSA) is 60.9 Å². The molecule has 0 atom stereocenters. The molecule has 0 aliphatic carbocycles. The maximum atomic E-state index is 12.4. The summed E-state index contributed by atoms with van der Waals surface area (Å²) < 4.78 is 0. The minimum atomic E-state index is -0.398. The Morgan fingerprint density at radius 1 is 1.15 bits per heavy atom. The van der Waals surface area contributed by atoms with Gasteiger partial charge in [-0.1, -0.05) is 24.3 Å². The molecular weight excluding hydrogens is 362 g/mol. The summed E-state index contributed by atoms with van der Waals surface area (Å²) in [5.74, 6) is -0.558. The third-order valence-corrected chi connectivity index (χ3v) is 5.50. The molecule has 0 aromatic heterocycles. The van der Waals surface area contributed by atoms with Crippen molar-refractivity contribution in [2.75, 3.05) is 38.6 Å². The van der Waals surface area contributed by atoms with Crippen molar-refractivity contribution in [3.05, 3.63) is 46.9 Å². The number of anilines is 1. The van der Waals surface area contributed by atoms with E-state index in [0.717, 1.165) is 40.8 Å². The van der Waals surface area contributed by atoms with Gasteiger partial charge in [0, 0.05) is 32.9 Å². The van der Waals surface area contributed by atoms with Gasteiger partial charge in [-0.3, -0.25) is 19.3 Å². The van der Waals surface area contributed by atoms with E-state index in [0.29, 0.717) is 18.0 Å². The van der Waals surface area contributed by atoms with Crippen molar-refractivity contribution in [1.82, 2.24) is 9.80 Å². The fourth-order valence-corrected chi connectivity index (χ4v) is 3.77. The van der Waals surface area contributed by atoms with Gasteiger partial charge in [0.2, 0.25) is 5.91 Å². The summed E-state index contributed by atoms with van der Waals surface area (Å²) in [5, 5.41) is -0.387. The van der Waals surface area contributed by atoms with Gasteiger partial charge in [0.15, 0.2) is 0 Å². The number of hydrogen-bond acceptors (Lipinski definition) is 5. The molecule has 27 heavy (non-hydrogen) atoms. The Bertz CT molecular complexity index is 793. The molecule has 0 radical (unpaired) electrons. The van der Waals surface area contributed by atoms with Crippen molar-refractivity contribution in [2.45, 2.75) is 12.8 Å². The largest absolute Gasteiger partial charge is 0.378 e. The van der Waals surface area contributed by atoms with Crippen molar-refractivity contribution >= 4 is 40.6 Å². The van der Waals surface area contributed by atoms with E-state index in [2.05, 4.69) is 0 Å². The summed E-state index contributed by atoms with van der Waals surface area (Å²) in [4.78, 5) is 41.9. The summed E-state index contributed by atoms with van der Waals surface area (Å²) in [6.45, 7) is 1.25. The zero-order valence-corrected chi connectivity index (χ0v) is 16.4. The molecule has 2 fully saturated rings. The molecule has 0 N–H and O–H groups in total. The molecule has 7 heteroatoms. The van der Waals surface area contributed by atoms with Crippen LogP contribution < -0.4 is 4.90 Å². The van der Waals surface area contributed by atoms with Gasteiger partial charge in [-0.15, -0.1) is 0 Å². The van der Waals surface area contributed by atoms with Crippen LogP contribution in [0.1, 0.15) is 18.4 Å². The smallest absolute Gasteiger partial charge is 0.294 e. The minimum Gasteiger partial charge on any atom is -0.378 e. The first-order valence-electron chi connectivity index (χ1n) is 8.93. The standard InChI is InChI=1S/C20H23N3O3S/c1-21(2)16-10-8-15(9-11-16)6-5-7-17-19(25)23(20(26)27-17)14-18(24)22-12-3-4-13-22/h5-11H,3-4,12-14H2,1-2H3/b6-5+,17-7-. The summed E-state index contributed by atoms with van der Waals surface area (Å²) in [6, 6.07) is 8.00. The van der Waals surface area contributed by atoms with E-state index in [1.807, 2.05) is 49.3 Å². The van der Waals surface area contributed by atoms with Crippen LogP contribution in [0.4, 0.5) is 10.5 Å². The van der Waals surface area contributed by atoms with Crippen LogP contribution in [-0.4, -0.2) is 60.6 Å². The quantitative estimate of drug-likeness (QED) is 0.730. The van der Waals surface area contributed by atoms with Crippen LogP contribution in [0.3, 0.4) is 0 Å². The summed E-state index contributed by atoms with van der Waals surface area (Å²) in [7, 11) is 3.96. The van der Waals surface area contributed by atoms with E-state index >= 15 is 0 Å². The van der Waals surface area contributed by atoms with Gasteiger partial charge in [0.1, 0.15) is 6.54 Å². The zero-order valence-electron chi connectivity index (χ0n) is 15.6. The Hall–Kier alpha value is -2.54. The van der Waals surface area contributed by atoms with Gasteiger partial charge in [-0.25, -0.2) is 0 Å². The second kappa shape index (κ2) is 8.43. The molecule has 0 saturated carbocycles. The Balaban J connectivity index is 1.62. The van der Waals surface area contributed by atoms with Crippen LogP contribution in [-0.2, 0) is 9.59 Å². The highest BCUT2D eigenvalue weighted by Gasteiger charge is 2.37. The number of carbonyl (C=O) groups excluding carboxylic acids is 3. The lowest BCUT2D eigenvalue weighted by molar-refractivity contribution is -0.135. The lowest BCUT2D eigenvalue weighted by Crippen LogP contribution is -2.40. The van der Waals surface area contributed by atoms with Gasteiger partial charge in [-0.05, 0) is 48.4 Å². The number of imide groups is 1. The monoisotopic (exact) mass is 385 g/mol. The second-order valence-electron chi connectivity index (χ2n) is 6.72. The van der Waals surface area contributed by atoms with Crippen LogP contribution in [0.15, 0.2) is 41.3 Å². The molecule has 2 heterocycles. The minimum absolute atomic E-state index is 0.160. The lowest BCUT2D eigenvalue weighted by atomic mass is 10.2. The predicted octanol–water partition coefficient (Wildman–Crippen LogP) is 2.97. The predicted molar refractivity (Wildman–Crippen MR) is 108 cm³/mol. The number of amides is 3. The number of benzene rings is 1. The van der Waals surface area contributed by atoms with Crippen LogP contribution >= 0.6 is 11.8 Å². The molecule has 142 valence electrons. The number of likely N-dealkylation sites (tertiary alicyclic amines) is 1. The molecule has 3 rings (SSSR count).